The van der Waals surface area contributed by atoms with Crippen LogP contribution >= 0.6 is 24.0 Å². The second-order valence-corrected chi connectivity index (χ2v) is 7.54. The van der Waals surface area contributed by atoms with Crippen LogP contribution in [-0.4, -0.2) is 70.0 Å². The van der Waals surface area contributed by atoms with Crippen molar-refractivity contribution in [2.45, 2.75) is 50.7 Å². The van der Waals surface area contributed by atoms with Gasteiger partial charge in [-0.2, -0.15) is 0 Å². The summed E-state index contributed by atoms with van der Waals surface area (Å²) < 4.78 is 17.0. The fourth-order valence-corrected chi connectivity index (χ4v) is 3.91. The van der Waals surface area contributed by atoms with Gasteiger partial charge in [0.15, 0.2) is 5.96 Å². The summed E-state index contributed by atoms with van der Waals surface area (Å²) in [6, 6.07) is 4.29. The van der Waals surface area contributed by atoms with Crippen LogP contribution in [0.3, 0.4) is 0 Å². The summed E-state index contributed by atoms with van der Waals surface area (Å²) in [7, 11) is 1.82. The Bertz CT molecular complexity index is 558. The van der Waals surface area contributed by atoms with Crippen molar-refractivity contribution in [1.82, 2.24) is 15.5 Å². The highest BCUT2D eigenvalue weighted by Gasteiger charge is 2.24. The average Bonchev–Trinajstić information content (AvgIpc) is 3.28. The van der Waals surface area contributed by atoms with Crippen molar-refractivity contribution >= 4 is 29.9 Å². The van der Waals surface area contributed by atoms with Gasteiger partial charge < -0.3 is 24.5 Å². The van der Waals surface area contributed by atoms with Crippen molar-refractivity contribution in [2.24, 2.45) is 4.99 Å². The fraction of sp³-hybridized carbons (Fsp3) is 0.762. The number of halogens is 1. The predicted molar refractivity (Wildman–Crippen MR) is 126 cm³/mol. The monoisotopic (exact) mass is 520 g/mol. The van der Waals surface area contributed by atoms with Crippen molar-refractivity contribution in [3.63, 3.8) is 0 Å². The van der Waals surface area contributed by atoms with Crippen LogP contribution in [0.15, 0.2) is 27.8 Å². The Labute approximate surface area is 192 Å². The zero-order valence-corrected chi connectivity index (χ0v) is 19.9. The maximum absolute atomic E-state index is 5.93. The molecule has 2 N–H and O–H groups in total. The number of ether oxygens (including phenoxy) is 2. The van der Waals surface area contributed by atoms with Crippen molar-refractivity contribution in [1.29, 1.82) is 0 Å². The molecule has 29 heavy (non-hydrogen) atoms. The minimum absolute atomic E-state index is 0. The molecule has 166 valence electrons. The molecule has 2 saturated heterocycles. The van der Waals surface area contributed by atoms with Gasteiger partial charge >= 0.3 is 0 Å². The first-order chi connectivity index (χ1) is 13.9. The second-order valence-electron chi connectivity index (χ2n) is 7.54. The lowest BCUT2D eigenvalue weighted by Gasteiger charge is -2.33. The minimum Gasteiger partial charge on any atom is -0.468 e. The van der Waals surface area contributed by atoms with Crippen molar-refractivity contribution in [2.75, 3.05) is 53.0 Å². The molecule has 1 unspecified atom stereocenters. The first-order valence-electron chi connectivity index (χ1n) is 10.8. The SMILES string of the molecule is CN=C(NCCCOC1CCOCC1)NCC(c1ccco1)N1CCCCC1.I. The van der Waals surface area contributed by atoms with Crippen molar-refractivity contribution < 1.29 is 13.9 Å². The van der Waals surface area contributed by atoms with Gasteiger partial charge in [-0.25, -0.2) is 0 Å². The molecule has 0 bridgehead atoms. The summed E-state index contributed by atoms with van der Waals surface area (Å²) in [6.07, 6.45) is 8.97. The number of hydrogen-bond acceptors (Lipinski definition) is 5. The highest BCUT2D eigenvalue weighted by Crippen LogP contribution is 2.24. The molecule has 1 aromatic rings. The van der Waals surface area contributed by atoms with Gasteiger partial charge in [-0.3, -0.25) is 9.89 Å². The van der Waals surface area contributed by atoms with Crippen molar-refractivity contribution in [3.8, 4) is 0 Å². The molecule has 2 fully saturated rings. The molecule has 2 aliphatic rings. The van der Waals surface area contributed by atoms with Crippen LogP contribution in [0, 0.1) is 0 Å². The summed E-state index contributed by atoms with van der Waals surface area (Å²) in [6.45, 7) is 6.31. The molecule has 0 aliphatic carbocycles. The standard InChI is InChI=1S/C21H36N4O3.HI/c1-22-21(23-10-6-14-27-18-8-15-26-16-9-18)24-17-19(20-7-5-13-28-20)25-11-3-2-4-12-25;/h5,7,13,18-19H,2-4,6,8-12,14-17H2,1H3,(H2,22,23,24);1H. The van der Waals surface area contributed by atoms with E-state index in [1.807, 2.05) is 13.1 Å². The van der Waals surface area contributed by atoms with Gasteiger partial charge in [0.05, 0.1) is 18.4 Å². The zero-order chi connectivity index (χ0) is 19.4. The summed E-state index contributed by atoms with van der Waals surface area (Å²) >= 11 is 0. The van der Waals surface area contributed by atoms with Gasteiger partial charge in [0.2, 0.25) is 0 Å². The lowest BCUT2D eigenvalue weighted by atomic mass is 10.1. The van der Waals surface area contributed by atoms with E-state index in [1.165, 1.54) is 19.3 Å². The Kier molecular flexibility index (Phi) is 12.0. The molecule has 0 radical (unpaired) electrons. The smallest absolute Gasteiger partial charge is 0.191 e. The lowest BCUT2D eigenvalue weighted by molar-refractivity contribution is -0.0320. The highest BCUT2D eigenvalue weighted by molar-refractivity contribution is 14.0. The average molecular weight is 520 g/mol. The van der Waals surface area contributed by atoms with Crippen LogP contribution in [0.2, 0.25) is 0 Å². The van der Waals surface area contributed by atoms with E-state index in [0.717, 1.165) is 77.0 Å². The van der Waals surface area contributed by atoms with Gasteiger partial charge in [0.1, 0.15) is 5.76 Å². The number of hydrogen-bond donors (Lipinski definition) is 2. The molecule has 1 atom stereocenters. The van der Waals surface area contributed by atoms with Gasteiger partial charge in [0, 0.05) is 40.0 Å². The van der Waals surface area contributed by atoms with E-state index in [4.69, 9.17) is 13.9 Å². The maximum Gasteiger partial charge on any atom is 0.191 e. The van der Waals surface area contributed by atoms with Gasteiger partial charge in [-0.05, 0) is 57.3 Å². The van der Waals surface area contributed by atoms with E-state index in [-0.39, 0.29) is 30.0 Å². The van der Waals surface area contributed by atoms with E-state index in [9.17, 15) is 0 Å². The molecular weight excluding hydrogens is 483 g/mol. The number of likely N-dealkylation sites (tertiary alicyclic amines) is 1. The molecule has 1 aromatic heterocycles. The molecule has 3 heterocycles. The topological polar surface area (TPSA) is 71.3 Å². The van der Waals surface area contributed by atoms with E-state index in [0.29, 0.717) is 6.10 Å². The molecule has 8 heteroatoms. The number of aliphatic imine (C=N–C) groups is 1. The first kappa shape index (κ1) is 24.4. The van der Waals surface area contributed by atoms with E-state index >= 15 is 0 Å². The quantitative estimate of drug-likeness (QED) is 0.226. The summed E-state index contributed by atoms with van der Waals surface area (Å²) in [4.78, 5) is 6.88. The summed E-state index contributed by atoms with van der Waals surface area (Å²) in [5.74, 6) is 1.86. The highest BCUT2D eigenvalue weighted by atomic mass is 127. The number of nitrogens with zero attached hydrogens (tertiary/aromatic N) is 2. The minimum atomic E-state index is 0. The maximum atomic E-state index is 5.93. The van der Waals surface area contributed by atoms with Crippen LogP contribution in [-0.2, 0) is 9.47 Å². The van der Waals surface area contributed by atoms with Gasteiger partial charge in [-0.1, -0.05) is 6.42 Å². The molecule has 0 aromatic carbocycles. The molecule has 0 saturated carbocycles. The first-order valence-corrected chi connectivity index (χ1v) is 10.8. The molecule has 3 rings (SSSR count). The van der Waals surface area contributed by atoms with Crippen LogP contribution in [0.1, 0.15) is 50.3 Å². The Morgan fingerprint density at radius 2 is 2.03 bits per heavy atom. The van der Waals surface area contributed by atoms with Crippen LogP contribution in [0.25, 0.3) is 0 Å². The third-order valence-corrected chi connectivity index (χ3v) is 5.52. The van der Waals surface area contributed by atoms with Gasteiger partial charge in [0.25, 0.3) is 0 Å². The van der Waals surface area contributed by atoms with Crippen LogP contribution in [0.4, 0.5) is 0 Å². The Hall–Kier alpha value is -0.840. The molecule has 0 amide bonds. The largest absolute Gasteiger partial charge is 0.468 e. The number of furan rings is 1. The van der Waals surface area contributed by atoms with Crippen molar-refractivity contribution in [3.05, 3.63) is 24.2 Å². The lowest BCUT2D eigenvalue weighted by Crippen LogP contribution is -2.44. The predicted octanol–water partition coefficient (Wildman–Crippen LogP) is 3.18. The summed E-state index contributed by atoms with van der Waals surface area (Å²) in [5.41, 5.74) is 0. The second kappa shape index (κ2) is 14.2. The van der Waals surface area contributed by atoms with E-state index < -0.39 is 0 Å². The molecule has 0 spiro atoms. The number of piperidine rings is 1. The number of rotatable bonds is 9. The third-order valence-electron chi connectivity index (χ3n) is 5.52. The Morgan fingerprint density at radius 1 is 1.24 bits per heavy atom. The Morgan fingerprint density at radius 3 is 2.72 bits per heavy atom. The van der Waals surface area contributed by atoms with Crippen LogP contribution < -0.4 is 10.6 Å². The van der Waals surface area contributed by atoms with E-state index in [1.54, 1.807) is 6.26 Å². The Balaban J connectivity index is 0.00000300. The zero-order valence-electron chi connectivity index (χ0n) is 17.6. The third kappa shape index (κ3) is 8.43. The van der Waals surface area contributed by atoms with Gasteiger partial charge in [-0.15, -0.1) is 24.0 Å². The molecule has 2 aliphatic heterocycles. The van der Waals surface area contributed by atoms with Crippen LogP contribution in [0.5, 0.6) is 0 Å². The van der Waals surface area contributed by atoms with E-state index in [2.05, 4.69) is 26.6 Å². The summed E-state index contributed by atoms with van der Waals surface area (Å²) in [5, 5.41) is 6.87. The molecule has 7 nitrogen and oxygen atoms in total. The fourth-order valence-electron chi connectivity index (χ4n) is 3.91. The normalized spacial score (nSPS) is 20.1. The number of guanidine groups is 1. The molecular formula is C21H37IN4O3. The number of nitrogens with one attached hydrogen (secondary N) is 2.